The van der Waals surface area contributed by atoms with Gasteiger partial charge in [-0.2, -0.15) is 5.10 Å². The number of β-amino-alcohol motifs (C(OH)–C–C–N with tert-alkyl or cyclic N) is 1. The van der Waals surface area contributed by atoms with E-state index >= 15 is 0 Å². The number of thiazole rings is 1. The van der Waals surface area contributed by atoms with Crippen molar-refractivity contribution in [1.82, 2.24) is 50.4 Å². The second kappa shape index (κ2) is 21.9. The summed E-state index contributed by atoms with van der Waals surface area (Å²) in [5.74, 6) is 2.41. The number of aliphatic hydroxyl groups excluding tert-OH is 1. The Labute approximate surface area is 447 Å². The number of aliphatic hydroxyl groups is 1. The molecular formula is C56H70N14O5S. The van der Waals surface area contributed by atoms with Crippen LogP contribution in [0.25, 0.3) is 22.2 Å². The van der Waals surface area contributed by atoms with Gasteiger partial charge in [-0.1, -0.05) is 55.4 Å². The maximum Gasteiger partial charge on any atom is 0.243 e. The molecule has 7 N–H and O–H groups in total. The van der Waals surface area contributed by atoms with Crippen LogP contribution in [0, 0.1) is 18.8 Å². The number of hydrogen-bond donors (Lipinski definition) is 6. The summed E-state index contributed by atoms with van der Waals surface area (Å²) in [6.07, 6.45) is 11.3. The van der Waals surface area contributed by atoms with E-state index in [2.05, 4.69) is 41.0 Å². The van der Waals surface area contributed by atoms with E-state index in [0.29, 0.717) is 29.0 Å². The van der Waals surface area contributed by atoms with Gasteiger partial charge in [0.15, 0.2) is 17.4 Å². The lowest BCUT2D eigenvalue weighted by Crippen LogP contribution is -2.48. The quantitative estimate of drug-likeness (QED) is 0.0627. The van der Waals surface area contributed by atoms with Gasteiger partial charge in [-0.15, -0.1) is 11.3 Å². The highest BCUT2D eigenvalue weighted by atomic mass is 32.1. The molecule has 0 radical (unpaired) electrons. The van der Waals surface area contributed by atoms with Gasteiger partial charge < -0.3 is 45.4 Å². The van der Waals surface area contributed by atoms with Gasteiger partial charge in [0.05, 0.1) is 63.7 Å². The Kier molecular flexibility index (Phi) is 14.7. The number of nitrogens with zero attached hydrogens (tertiary/aromatic N) is 10. The minimum Gasteiger partial charge on any atom is -0.507 e. The number of anilines is 4. The van der Waals surface area contributed by atoms with Crippen molar-refractivity contribution in [1.29, 1.82) is 0 Å². The maximum absolute atomic E-state index is 14.4. The second-order valence-corrected chi connectivity index (χ2v) is 22.6. The standard InChI is InChI=1S/C56H70N14O5S/c1-33(2)51(56(74)69-31-41(71)25-46(69)55(73)61-34(3)37-9-11-39(12-10-37)53-35(4)60-32-76-53)48-27-49(65-75-48)67-21-13-36(14-22-67)30-66-19-15-38(16-20-66)44-28-59-50(29-58-44)68-23-17-40(18-24-68)70-45-26-43(42-7-5-6-8-47(42)72)62-63-52(45)54(57)64-70/h5-12,26-29,32-34,36,38,40-41,46,51,62-63,71-72H,13-25,30-31H2,1-4H3,(H2,57,64)(H,61,73)/t34-,41+,46-,51?/m0/s1. The molecule has 4 aromatic heterocycles. The Morgan fingerprint density at radius 3 is 2.33 bits per heavy atom. The second-order valence-electron chi connectivity index (χ2n) is 21.8. The molecule has 4 fully saturated rings. The first-order valence-corrected chi connectivity index (χ1v) is 27.9. The fourth-order valence-electron chi connectivity index (χ4n) is 12.0. The molecule has 5 aliphatic heterocycles. The Morgan fingerprint density at radius 1 is 0.895 bits per heavy atom. The van der Waals surface area contributed by atoms with Crippen LogP contribution >= 0.6 is 11.3 Å². The van der Waals surface area contributed by atoms with Crippen molar-refractivity contribution in [2.24, 2.45) is 11.8 Å². The fraction of sp³-hybridized carbons (Fsp3) is 0.482. The molecule has 0 aliphatic carbocycles. The number of aromatic nitrogens is 6. The van der Waals surface area contributed by atoms with Gasteiger partial charge in [0.25, 0.3) is 0 Å². The summed E-state index contributed by atoms with van der Waals surface area (Å²) in [4.78, 5) is 52.3. The van der Waals surface area contributed by atoms with E-state index in [1.165, 1.54) is 4.90 Å². The van der Waals surface area contributed by atoms with E-state index in [0.717, 1.165) is 140 Å². The number of phenols is 1. The molecule has 0 bridgehead atoms. The van der Waals surface area contributed by atoms with Crippen molar-refractivity contribution in [3.8, 4) is 16.2 Å². The van der Waals surface area contributed by atoms with Gasteiger partial charge in [0, 0.05) is 63.2 Å². The average Bonchev–Trinajstić information content (AvgIpc) is 4.27. The van der Waals surface area contributed by atoms with Crippen LogP contribution in [-0.4, -0.2) is 126 Å². The molecule has 19 nitrogen and oxygen atoms in total. The van der Waals surface area contributed by atoms with E-state index in [1.54, 1.807) is 23.5 Å². The lowest BCUT2D eigenvalue weighted by molar-refractivity contribution is -0.141. The van der Waals surface area contributed by atoms with Crippen molar-refractivity contribution in [3.63, 3.8) is 0 Å². The molecule has 6 aromatic rings. The molecule has 20 heteroatoms. The smallest absolute Gasteiger partial charge is 0.243 e. The number of piperidine rings is 3. The number of aryl methyl sites for hydroxylation is 1. The van der Waals surface area contributed by atoms with Gasteiger partial charge in [-0.25, -0.2) is 9.97 Å². The van der Waals surface area contributed by atoms with Gasteiger partial charge >= 0.3 is 0 Å². The number of phenolic OH excluding ortho intramolecular Hbond substituents is 1. The highest BCUT2D eigenvalue weighted by molar-refractivity contribution is 7.13. The van der Waals surface area contributed by atoms with Crippen LogP contribution in [0.5, 0.6) is 5.75 Å². The Hall–Kier alpha value is -7.03. The minimum absolute atomic E-state index is 0.0837. The number of para-hydroxylation sites is 1. The summed E-state index contributed by atoms with van der Waals surface area (Å²) in [5.41, 5.74) is 21.7. The predicted molar refractivity (Wildman–Crippen MR) is 294 cm³/mol. The molecule has 2 amide bonds. The van der Waals surface area contributed by atoms with Gasteiger partial charge in [0.2, 0.25) is 11.8 Å². The number of likely N-dealkylation sites (tertiary alicyclic amines) is 2. The Balaban J connectivity index is 0.628. The summed E-state index contributed by atoms with van der Waals surface area (Å²) >= 11 is 1.60. The SMILES string of the molecule is Cc1ncsc1-c1ccc([C@H](C)NC(=O)[C@@H]2C[C@@H](O)CN2C(=O)C(c2cc(N3CCC(CN4CCC(c5cnc(N6CCC(n7nc(N)c8c7C=C(c7ccccc7O)NN8)CC6)cn5)CC4)CC3)no2)C(C)C)cc1. The van der Waals surface area contributed by atoms with Crippen LogP contribution in [0.4, 0.5) is 23.1 Å². The van der Waals surface area contributed by atoms with E-state index in [1.807, 2.05) is 98.8 Å². The highest BCUT2D eigenvalue weighted by Crippen LogP contribution is 2.39. The molecule has 4 atom stereocenters. The predicted octanol–water partition coefficient (Wildman–Crippen LogP) is 7.33. The first-order valence-electron chi connectivity index (χ1n) is 27.0. The number of hydrazine groups is 1. The van der Waals surface area contributed by atoms with Crippen molar-refractivity contribution < 1.29 is 24.3 Å². The third kappa shape index (κ3) is 10.6. The van der Waals surface area contributed by atoms with Crippen LogP contribution in [-0.2, 0) is 9.59 Å². The number of nitrogens with two attached hydrogens (primary N) is 1. The number of benzene rings is 2. The minimum atomic E-state index is -0.803. The number of amides is 2. The molecular weight excluding hydrogens is 981 g/mol. The zero-order valence-electron chi connectivity index (χ0n) is 43.8. The molecule has 4 saturated heterocycles. The van der Waals surface area contributed by atoms with Crippen LogP contribution in [0.2, 0.25) is 0 Å². The largest absolute Gasteiger partial charge is 0.507 e. The third-order valence-electron chi connectivity index (χ3n) is 16.4. The van der Waals surface area contributed by atoms with E-state index in [4.69, 9.17) is 25.3 Å². The Bertz CT molecular complexity index is 3020. The number of aromatic hydroxyl groups is 1. The lowest BCUT2D eigenvalue weighted by Gasteiger charge is -2.37. The topological polar surface area (TPSA) is 232 Å². The van der Waals surface area contributed by atoms with Crippen LogP contribution < -0.4 is 31.7 Å². The monoisotopic (exact) mass is 1050 g/mol. The number of nitrogens with one attached hydrogen (secondary N) is 3. The van der Waals surface area contributed by atoms with E-state index < -0.39 is 18.1 Å². The zero-order valence-corrected chi connectivity index (χ0v) is 44.6. The third-order valence-corrected chi connectivity index (χ3v) is 17.4. The normalized spacial score (nSPS) is 20.8. The molecule has 11 rings (SSSR count). The van der Waals surface area contributed by atoms with Crippen LogP contribution in [0.1, 0.15) is 124 Å². The number of nitrogen functional groups attached to an aromatic ring is 1. The molecule has 1 unspecified atom stereocenters. The van der Waals surface area contributed by atoms with Gasteiger partial charge in [-0.3, -0.25) is 30.1 Å². The summed E-state index contributed by atoms with van der Waals surface area (Å²) in [7, 11) is 0. The maximum atomic E-state index is 14.4. The molecule has 0 saturated carbocycles. The first kappa shape index (κ1) is 51.1. The molecule has 9 heterocycles. The molecule has 2 aromatic carbocycles. The summed E-state index contributed by atoms with van der Waals surface area (Å²) in [5, 5.41) is 33.6. The van der Waals surface area contributed by atoms with Crippen molar-refractivity contribution >= 4 is 58.1 Å². The van der Waals surface area contributed by atoms with E-state index in [-0.39, 0.29) is 48.5 Å². The highest BCUT2D eigenvalue weighted by Gasteiger charge is 2.44. The summed E-state index contributed by atoms with van der Waals surface area (Å²) in [6.45, 7) is 14.5. The molecule has 5 aliphatic rings. The average molecular weight is 1050 g/mol. The van der Waals surface area contributed by atoms with Gasteiger partial charge in [-0.05, 0) is 107 Å². The zero-order chi connectivity index (χ0) is 52.6. The molecule has 0 spiro atoms. The molecule has 76 heavy (non-hydrogen) atoms. The Morgan fingerprint density at radius 2 is 1.63 bits per heavy atom. The number of carbonyl (C=O) groups excluding carboxylic acids is 2. The van der Waals surface area contributed by atoms with E-state index in [9.17, 15) is 19.8 Å². The number of rotatable bonds is 14. The summed E-state index contributed by atoms with van der Waals surface area (Å²) < 4.78 is 7.98. The molecule has 400 valence electrons. The number of fused-ring (bicyclic) bond motifs is 1. The van der Waals surface area contributed by atoms with Gasteiger partial charge in [0.1, 0.15) is 29.2 Å². The number of hydrogen-bond acceptors (Lipinski definition) is 17. The number of carbonyl (C=O) groups is 2. The fourth-order valence-corrected chi connectivity index (χ4v) is 12.8. The van der Waals surface area contributed by atoms with Crippen molar-refractivity contribution in [2.45, 2.75) is 109 Å². The first-order chi connectivity index (χ1) is 36.8. The summed E-state index contributed by atoms with van der Waals surface area (Å²) in [6, 6.07) is 16.3. The van der Waals surface area contributed by atoms with Crippen molar-refractivity contribution in [3.05, 3.63) is 106 Å². The van der Waals surface area contributed by atoms with Crippen molar-refractivity contribution in [2.75, 3.05) is 73.3 Å². The lowest BCUT2D eigenvalue weighted by atomic mass is 9.90. The van der Waals surface area contributed by atoms with Crippen LogP contribution in [0.3, 0.4) is 0 Å². The van der Waals surface area contributed by atoms with Crippen LogP contribution in [0.15, 0.2) is 77.0 Å².